The minimum Gasteiger partial charge on any atom is -0.228 e. The number of benzene rings is 8. The van der Waals surface area contributed by atoms with Crippen molar-refractivity contribution >= 4 is 63.0 Å². The predicted octanol–water partition coefficient (Wildman–Crippen LogP) is 15.9. The van der Waals surface area contributed by atoms with Gasteiger partial charge >= 0.3 is 0 Å². The highest BCUT2D eigenvalue weighted by Crippen LogP contribution is 2.50. The molecule has 0 atom stereocenters. The molecule has 3 heterocycles. The van der Waals surface area contributed by atoms with Crippen LogP contribution in [0.1, 0.15) is 25.0 Å². The van der Waals surface area contributed by atoms with Crippen LogP contribution in [-0.4, -0.2) is 9.97 Å². The predicted molar refractivity (Wildman–Crippen MR) is 253 cm³/mol. The number of rotatable bonds is 5. The van der Waals surface area contributed by atoms with E-state index >= 15 is 0 Å². The van der Waals surface area contributed by atoms with Crippen molar-refractivity contribution in [3.8, 4) is 67.3 Å². The van der Waals surface area contributed by atoms with Gasteiger partial charge in [-0.3, -0.25) is 0 Å². The van der Waals surface area contributed by atoms with E-state index < -0.39 is 0 Å². The second-order valence-electron chi connectivity index (χ2n) is 16.1. The van der Waals surface area contributed by atoms with E-state index in [9.17, 15) is 0 Å². The summed E-state index contributed by atoms with van der Waals surface area (Å²) in [5.41, 5.74) is 14.9. The van der Waals surface area contributed by atoms with Crippen LogP contribution in [0.25, 0.3) is 108 Å². The lowest BCUT2D eigenvalue weighted by Gasteiger charge is -2.22. The van der Waals surface area contributed by atoms with E-state index in [0.29, 0.717) is 5.82 Å². The number of hydrogen-bond donors (Lipinski definition) is 0. The molecule has 0 fully saturated rings. The molecule has 0 spiro atoms. The summed E-state index contributed by atoms with van der Waals surface area (Å²) in [7, 11) is 0. The maximum Gasteiger partial charge on any atom is 0.160 e. The van der Waals surface area contributed by atoms with Gasteiger partial charge in [-0.2, -0.15) is 0 Å². The summed E-state index contributed by atoms with van der Waals surface area (Å²) in [5, 5.41) is 5.17. The average molecular weight is 789 g/mol. The van der Waals surface area contributed by atoms with Crippen molar-refractivity contribution in [1.82, 2.24) is 9.97 Å². The Morgan fingerprint density at radius 1 is 0.356 bits per heavy atom. The highest BCUT2D eigenvalue weighted by molar-refractivity contribution is 7.26. The van der Waals surface area contributed by atoms with Gasteiger partial charge in [-0.05, 0) is 69.3 Å². The molecule has 8 aromatic carbocycles. The first-order chi connectivity index (χ1) is 29.0. The Labute approximate surface area is 350 Å². The molecule has 0 saturated carbocycles. The second-order valence-corrected chi connectivity index (χ2v) is 18.2. The van der Waals surface area contributed by atoms with Gasteiger partial charge in [-0.15, -0.1) is 22.7 Å². The van der Waals surface area contributed by atoms with Crippen LogP contribution in [0.5, 0.6) is 0 Å². The van der Waals surface area contributed by atoms with Gasteiger partial charge in [0.2, 0.25) is 0 Å². The van der Waals surface area contributed by atoms with E-state index in [1.807, 2.05) is 22.7 Å². The molecule has 3 aromatic heterocycles. The van der Waals surface area contributed by atoms with Crippen molar-refractivity contribution in [1.29, 1.82) is 0 Å². The number of fused-ring (bicyclic) bond motifs is 9. The third kappa shape index (κ3) is 5.37. The van der Waals surface area contributed by atoms with E-state index in [1.165, 1.54) is 79.3 Å². The number of hydrogen-bond acceptors (Lipinski definition) is 4. The molecule has 1 aliphatic carbocycles. The second kappa shape index (κ2) is 13.2. The van der Waals surface area contributed by atoms with Crippen molar-refractivity contribution in [2.75, 3.05) is 0 Å². The van der Waals surface area contributed by atoms with Gasteiger partial charge < -0.3 is 0 Å². The molecule has 0 N–H and O–H groups in total. The van der Waals surface area contributed by atoms with Crippen LogP contribution in [0.15, 0.2) is 182 Å². The molecule has 0 radical (unpaired) electrons. The molecular formula is C55H36N2S2. The summed E-state index contributed by atoms with van der Waals surface area (Å²) in [4.78, 5) is 10.8. The summed E-state index contributed by atoms with van der Waals surface area (Å²) in [6, 6.07) is 66.4. The molecule has 0 unspecified atom stereocenters. The van der Waals surface area contributed by atoms with Gasteiger partial charge in [-0.25, -0.2) is 9.97 Å². The van der Waals surface area contributed by atoms with Gasteiger partial charge in [0, 0.05) is 68.0 Å². The van der Waals surface area contributed by atoms with Crippen molar-refractivity contribution in [3.63, 3.8) is 0 Å². The minimum absolute atomic E-state index is 0.127. The Morgan fingerprint density at radius 2 is 0.915 bits per heavy atom. The van der Waals surface area contributed by atoms with E-state index in [1.54, 1.807) is 0 Å². The van der Waals surface area contributed by atoms with Crippen LogP contribution < -0.4 is 0 Å². The first-order valence-electron chi connectivity index (χ1n) is 20.1. The maximum absolute atomic E-state index is 5.47. The third-order valence-corrected chi connectivity index (χ3v) is 14.8. The van der Waals surface area contributed by atoms with Crippen molar-refractivity contribution in [2.45, 2.75) is 19.3 Å². The molecule has 278 valence electrons. The minimum atomic E-state index is -0.127. The fourth-order valence-electron chi connectivity index (χ4n) is 9.41. The standard InChI is InChI=1S/C55H36N2S2/c1-55(2)46-23-9-6-16-38(46)39-29-27-35(31-47(39)55)48-32-49(57-54(56-48)33-14-4-3-5-15-33)45-30-34(36-19-12-21-43-40-17-7-10-24-50(40)58-52(36)43)26-28-37(45)42-20-13-22-44-41-18-8-11-25-51(41)59-53(42)44/h3-32H,1-2H3. The molecule has 1 aliphatic rings. The normalized spacial score (nSPS) is 13.1. The molecule has 0 aliphatic heterocycles. The first kappa shape index (κ1) is 34.3. The van der Waals surface area contributed by atoms with Crippen LogP contribution in [0.4, 0.5) is 0 Å². The molecule has 0 amide bonds. The molecular weight excluding hydrogens is 753 g/mol. The van der Waals surface area contributed by atoms with Crippen molar-refractivity contribution < 1.29 is 0 Å². The van der Waals surface area contributed by atoms with Gasteiger partial charge in [0.25, 0.3) is 0 Å². The summed E-state index contributed by atoms with van der Waals surface area (Å²) in [5.74, 6) is 0.712. The van der Waals surface area contributed by atoms with Crippen LogP contribution in [0.3, 0.4) is 0 Å². The van der Waals surface area contributed by atoms with E-state index in [2.05, 4.69) is 196 Å². The quantitative estimate of drug-likeness (QED) is 0.174. The highest BCUT2D eigenvalue weighted by Gasteiger charge is 2.35. The molecule has 2 nitrogen and oxygen atoms in total. The smallest absolute Gasteiger partial charge is 0.160 e. The van der Waals surface area contributed by atoms with Crippen LogP contribution in [-0.2, 0) is 5.41 Å². The Balaban J connectivity index is 1.12. The van der Waals surface area contributed by atoms with E-state index in [-0.39, 0.29) is 5.41 Å². The molecule has 4 heteroatoms. The zero-order valence-electron chi connectivity index (χ0n) is 32.5. The lowest BCUT2D eigenvalue weighted by atomic mass is 9.82. The molecule has 12 rings (SSSR count). The van der Waals surface area contributed by atoms with Crippen molar-refractivity contribution in [3.05, 3.63) is 193 Å². The lowest BCUT2D eigenvalue weighted by Crippen LogP contribution is -2.14. The van der Waals surface area contributed by atoms with E-state index in [0.717, 1.165) is 33.6 Å². The fraction of sp³-hybridized carbons (Fsp3) is 0.0545. The monoisotopic (exact) mass is 788 g/mol. The first-order valence-corrected chi connectivity index (χ1v) is 21.8. The lowest BCUT2D eigenvalue weighted by molar-refractivity contribution is 0.660. The van der Waals surface area contributed by atoms with Crippen LogP contribution in [0, 0.1) is 0 Å². The number of aromatic nitrogens is 2. The topological polar surface area (TPSA) is 25.8 Å². The summed E-state index contributed by atoms with van der Waals surface area (Å²) in [6.45, 7) is 4.68. The molecule has 0 saturated heterocycles. The molecule has 0 bridgehead atoms. The molecule has 11 aromatic rings. The Bertz CT molecular complexity index is 3480. The van der Waals surface area contributed by atoms with Gasteiger partial charge in [0.05, 0.1) is 11.4 Å². The zero-order valence-corrected chi connectivity index (χ0v) is 34.2. The zero-order chi connectivity index (χ0) is 39.2. The van der Waals surface area contributed by atoms with Gasteiger partial charge in [0.15, 0.2) is 5.82 Å². The largest absolute Gasteiger partial charge is 0.228 e. The number of nitrogens with zero attached hydrogens (tertiary/aromatic N) is 2. The Kier molecular flexibility index (Phi) is 7.65. The van der Waals surface area contributed by atoms with E-state index in [4.69, 9.17) is 9.97 Å². The number of thiophene rings is 2. The van der Waals surface area contributed by atoms with Crippen molar-refractivity contribution in [2.24, 2.45) is 0 Å². The highest BCUT2D eigenvalue weighted by atomic mass is 32.1. The van der Waals surface area contributed by atoms with Gasteiger partial charge in [-0.1, -0.05) is 166 Å². The SMILES string of the molecule is CC1(C)c2ccccc2-c2ccc(-c3cc(-c4cc(-c5cccc6c5sc5ccccc56)ccc4-c4cccc5c4sc4ccccc45)nc(-c4ccccc4)n3)cc21. The Hall–Kier alpha value is -6.72. The summed E-state index contributed by atoms with van der Waals surface area (Å²) >= 11 is 3.74. The summed E-state index contributed by atoms with van der Waals surface area (Å²) < 4.78 is 5.18. The Morgan fingerprint density at radius 3 is 1.68 bits per heavy atom. The third-order valence-electron chi connectivity index (χ3n) is 12.3. The van der Waals surface area contributed by atoms with Crippen LogP contribution in [0.2, 0.25) is 0 Å². The molecule has 59 heavy (non-hydrogen) atoms. The van der Waals surface area contributed by atoms with Gasteiger partial charge in [0.1, 0.15) is 0 Å². The summed E-state index contributed by atoms with van der Waals surface area (Å²) in [6.07, 6.45) is 0. The maximum atomic E-state index is 5.47. The average Bonchev–Trinajstić information content (AvgIpc) is 3.94. The fourth-order valence-corrected chi connectivity index (χ4v) is 11.9. The van der Waals surface area contributed by atoms with Crippen LogP contribution >= 0.6 is 22.7 Å².